The highest BCUT2D eigenvalue weighted by molar-refractivity contribution is 6.23. The molecule has 0 aromatic heterocycles. The standard InChI is InChI=1S/C22H23NO7/c1-7-10-5-4-6-11(24)13(10)18(26)14-12(7)8(2)16-9(3)17(25)15(21(23)29)20(28)22(16,30)19(14)27/h4-9,12,16,24,26,28,30H,1-3H3,(H2,23,29)/t7-,8-,9-,12-,16-,22-/m0/s1. The van der Waals surface area contributed by atoms with Crippen LogP contribution in [0.1, 0.15) is 37.8 Å². The molecule has 158 valence electrons. The van der Waals surface area contributed by atoms with E-state index in [2.05, 4.69) is 0 Å². The predicted octanol–water partition coefficient (Wildman–Crippen LogP) is 1.48. The number of aliphatic hydroxyl groups is 3. The van der Waals surface area contributed by atoms with Gasteiger partial charge in [0.15, 0.2) is 11.4 Å². The molecule has 0 spiro atoms. The topological polar surface area (TPSA) is 158 Å². The van der Waals surface area contributed by atoms with E-state index in [0.29, 0.717) is 5.56 Å². The molecule has 1 saturated carbocycles. The van der Waals surface area contributed by atoms with Gasteiger partial charge in [-0.15, -0.1) is 0 Å². The minimum atomic E-state index is -2.58. The van der Waals surface area contributed by atoms with E-state index in [0.717, 1.165) is 0 Å². The van der Waals surface area contributed by atoms with Gasteiger partial charge < -0.3 is 26.2 Å². The van der Waals surface area contributed by atoms with Crippen molar-refractivity contribution in [3.05, 3.63) is 46.2 Å². The molecule has 3 aliphatic carbocycles. The van der Waals surface area contributed by atoms with Gasteiger partial charge in [-0.3, -0.25) is 14.4 Å². The smallest absolute Gasteiger partial charge is 0.255 e. The van der Waals surface area contributed by atoms with E-state index < -0.39 is 63.8 Å². The molecule has 30 heavy (non-hydrogen) atoms. The van der Waals surface area contributed by atoms with Gasteiger partial charge in [-0.05, 0) is 23.5 Å². The monoisotopic (exact) mass is 413 g/mol. The van der Waals surface area contributed by atoms with Crippen LogP contribution in [0.5, 0.6) is 5.75 Å². The van der Waals surface area contributed by atoms with Crippen LogP contribution < -0.4 is 5.73 Å². The first-order valence-electron chi connectivity index (χ1n) is 9.76. The zero-order valence-corrected chi connectivity index (χ0v) is 16.7. The van der Waals surface area contributed by atoms with E-state index in [1.54, 1.807) is 19.1 Å². The number of ketones is 2. The van der Waals surface area contributed by atoms with Crippen LogP contribution in [-0.4, -0.2) is 43.5 Å². The van der Waals surface area contributed by atoms with Gasteiger partial charge in [-0.25, -0.2) is 0 Å². The van der Waals surface area contributed by atoms with Crippen LogP contribution in [0, 0.1) is 23.7 Å². The molecule has 1 amide bonds. The van der Waals surface area contributed by atoms with Crippen molar-refractivity contribution in [2.24, 2.45) is 29.4 Å². The lowest BCUT2D eigenvalue weighted by Crippen LogP contribution is -2.64. The maximum Gasteiger partial charge on any atom is 0.255 e. The molecule has 0 bridgehead atoms. The van der Waals surface area contributed by atoms with Gasteiger partial charge in [0.2, 0.25) is 5.78 Å². The first kappa shape index (κ1) is 20.2. The number of primary amides is 1. The van der Waals surface area contributed by atoms with E-state index in [-0.39, 0.29) is 22.8 Å². The van der Waals surface area contributed by atoms with Gasteiger partial charge in [0, 0.05) is 23.3 Å². The Morgan fingerprint density at radius 2 is 1.70 bits per heavy atom. The fourth-order valence-corrected chi connectivity index (χ4v) is 5.89. The number of hydrogen-bond acceptors (Lipinski definition) is 7. The number of benzene rings is 1. The number of aliphatic hydroxyl groups excluding tert-OH is 2. The number of fused-ring (bicyclic) bond motifs is 3. The predicted molar refractivity (Wildman–Crippen MR) is 105 cm³/mol. The SMILES string of the molecule is C[C@H]1[C@H]2C(=C(O)c3c(O)cccc3[C@@H]2C)C(=O)[C@]2(O)C(O)=C(C(N)=O)C(=O)[C@@H](C)[C@H]12. The lowest BCUT2D eigenvalue weighted by atomic mass is 9.50. The lowest BCUT2D eigenvalue weighted by molar-refractivity contribution is -0.158. The van der Waals surface area contributed by atoms with Crippen molar-refractivity contribution in [1.29, 1.82) is 0 Å². The summed E-state index contributed by atoms with van der Waals surface area (Å²) in [6.45, 7) is 5.05. The number of amides is 1. The van der Waals surface area contributed by atoms with Crippen LogP contribution in [0.15, 0.2) is 35.1 Å². The molecule has 1 fully saturated rings. The zero-order chi connectivity index (χ0) is 22.3. The molecular formula is C22H23NO7. The summed E-state index contributed by atoms with van der Waals surface area (Å²) in [7, 11) is 0. The molecular weight excluding hydrogens is 390 g/mol. The molecule has 8 heteroatoms. The van der Waals surface area contributed by atoms with Gasteiger partial charge in [0.25, 0.3) is 5.91 Å². The Bertz CT molecular complexity index is 1080. The minimum Gasteiger partial charge on any atom is -0.508 e. The maximum absolute atomic E-state index is 13.6. The van der Waals surface area contributed by atoms with Gasteiger partial charge in [-0.1, -0.05) is 32.9 Å². The van der Waals surface area contributed by atoms with Crippen molar-refractivity contribution >= 4 is 23.2 Å². The summed E-state index contributed by atoms with van der Waals surface area (Å²) in [4.78, 5) is 38.1. The first-order chi connectivity index (χ1) is 14.0. The molecule has 1 aromatic carbocycles. The van der Waals surface area contributed by atoms with Crippen molar-refractivity contribution < 1.29 is 34.8 Å². The Labute approximate surface area is 172 Å². The van der Waals surface area contributed by atoms with Gasteiger partial charge in [0.1, 0.15) is 22.8 Å². The third-order valence-corrected chi connectivity index (χ3v) is 7.18. The fraction of sp³-hybridized carbons (Fsp3) is 0.409. The Morgan fingerprint density at radius 3 is 2.30 bits per heavy atom. The highest BCUT2D eigenvalue weighted by Gasteiger charge is 2.65. The molecule has 6 N–H and O–H groups in total. The molecule has 0 radical (unpaired) electrons. The quantitative estimate of drug-likeness (QED) is 0.436. The van der Waals surface area contributed by atoms with E-state index in [1.807, 2.05) is 6.92 Å². The van der Waals surface area contributed by atoms with E-state index in [1.165, 1.54) is 13.0 Å². The second-order valence-electron chi connectivity index (χ2n) is 8.54. The van der Waals surface area contributed by atoms with Crippen molar-refractivity contribution in [2.45, 2.75) is 32.3 Å². The Morgan fingerprint density at radius 1 is 1.07 bits per heavy atom. The summed E-state index contributed by atoms with van der Waals surface area (Å²) in [6, 6.07) is 4.75. The average Bonchev–Trinajstić information content (AvgIpc) is 2.67. The highest BCUT2D eigenvalue weighted by atomic mass is 16.3. The second kappa shape index (κ2) is 6.18. The zero-order valence-electron chi connectivity index (χ0n) is 16.7. The molecule has 0 unspecified atom stereocenters. The Kier molecular flexibility index (Phi) is 4.15. The Balaban J connectivity index is 2.05. The summed E-state index contributed by atoms with van der Waals surface area (Å²) < 4.78 is 0. The molecule has 4 rings (SSSR count). The highest BCUT2D eigenvalue weighted by Crippen LogP contribution is 2.58. The largest absolute Gasteiger partial charge is 0.508 e. The number of aromatic hydroxyl groups is 1. The number of phenols is 1. The molecule has 3 aliphatic rings. The van der Waals surface area contributed by atoms with E-state index in [9.17, 15) is 34.8 Å². The van der Waals surface area contributed by atoms with E-state index in [4.69, 9.17) is 5.73 Å². The third kappa shape index (κ3) is 2.17. The summed E-state index contributed by atoms with van der Waals surface area (Å²) in [5.41, 5.74) is 2.45. The summed E-state index contributed by atoms with van der Waals surface area (Å²) in [5, 5.41) is 43.4. The summed E-state index contributed by atoms with van der Waals surface area (Å²) in [6.07, 6.45) is 0. The number of Topliss-reactive ketones (excluding diaryl/α,β-unsaturated/α-hetero) is 2. The van der Waals surface area contributed by atoms with Gasteiger partial charge >= 0.3 is 0 Å². The first-order valence-corrected chi connectivity index (χ1v) is 9.76. The van der Waals surface area contributed by atoms with Crippen molar-refractivity contribution in [2.75, 3.05) is 0 Å². The van der Waals surface area contributed by atoms with Crippen LogP contribution >= 0.6 is 0 Å². The molecule has 1 aromatic rings. The van der Waals surface area contributed by atoms with E-state index >= 15 is 0 Å². The number of phenolic OH excluding ortho intramolecular Hbond substituents is 1. The second-order valence-corrected chi connectivity index (χ2v) is 8.54. The van der Waals surface area contributed by atoms with Crippen LogP contribution in [0.2, 0.25) is 0 Å². The average molecular weight is 413 g/mol. The van der Waals surface area contributed by atoms with Crippen LogP contribution in [0.3, 0.4) is 0 Å². The summed E-state index contributed by atoms with van der Waals surface area (Å²) >= 11 is 0. The molecule has 0 saturated heterocycles. The number of nitrogens with two attached hydrogens (primary N) is 1. The number of carbonyl (C=O) groups excluding carboxylic acids is 3. The van der Waals surface area contributed by atoms with Crippen molar-refractivity contribution in [3.8, 4) is 5.75 Å². The third-order valence-electron chi connectivity index (χ3n) is 7.18. The van der Waals surface area contributed by atoms with Crippen molar-refractivity contribution in [3.63, 3.8) is 0 Å². The number of carbonyl (C=O) groups is 3. The number of rotatable bonds is 1. The van der Waals surface area contributed by atoms with Gasteiger partial charge in [-0.2, -0.15) is 0 Å². The molecule has 0 aliphatic heterocycles. The lowest BCUT2D eigenvalue weighted by Gasteiger charge is -2.53. The normalized spacial score (nSPS) is 35.7. The molecule has 8 nitrogen and oxygen atoms in total. The van der Waals surface area contributed by atoms with Crippen LogP contribution in [0.25, 0.3) is 5.76 Å². The van der Waals surface area contributed by atoms with Crippen LogP contribution in [-0.2, 0) is 14.4 Å². The Hall–Kier alpha value is -3.13. The molecule has 0 heterocycles. The van der Waals surface area contributed by atoms with Crippen molar-refractivity contribution in [1.82, 2.24) is 0 Å². The van der Waals surface area contributed by atoms with Crippen LogP contribution in [0.4, 0.5) is 0 Å². The number of hydrogen-bond donors (Lipinski definition) is 5. The molecule has 6 atom stereocenters. The maximum atomic E-state index is 13.6. The summed E-state index contributed by atoms with van der Waals surface area (Å²) in [5.74, 6) is -8.16. The fourth-order valence-electron chi connectivity index (χ4n) is 5.89. The minimum absolute atomic E-state index is 0.0948. The van der Waals surface area contributed by atoms with Gasteiger partial charge in [0.05, 0.1) is 5.56 Å².